The molecular weight excluding hydrogens is 373 g/mol. The molecule has 0 amide bonds. The lowest BCUT2D eigenvalue weighted by Crippen LogP contribution is -2.45. The SMILES string of the molecule is Clc1cc(Br)cc(Cl)c1NC1CCOC2(CCCCC2)C1. The minimum Gasteiger partial charge on any atom is -0.380 e. The van der Waals surface area contributed by atoms with Crippen molar-refractivity contribution in [3.8, 4) is 0 Å². The monoisotopic (exact) mass is 391 g/mol. The lowest BCUT2D eigenvalue weighted by molar-refractivity contribution is -0.103. The van der Waals surface area contributed by atoms with E-state index in [4.69, 9.17) is 27.9 Å². The second-order valence-corrected chi connectivity index (χ2v) is 7.90. The summed E-state index contributed by atoms with van der Waals surface area (Å²) in [7, 11) is 0. The lowest BCUT2D eigenvalue weighted by atomic mass is 9.78. The Hall–Kier alpha value is 0.0400. The predicted octanol–water partition coefficient (Wildman–Crippen LogP) is 6.05. The summed E-state index contributed by atoms with van der Waals surface area (Å²) in [6.07, 6.45) is 8.34. The van der Waals surface area contributed by atoms with Gasteiger partial charge in [0.25, 0.3) is 0 Å². The molecule has 1 saturated carbocycles. The molecule has 2 aliphatic rings. The zero-order valence-electron chi connectivity index (χ0n) is 11.9. The molecule has 1 atom stereocenters. The fourth-order valence-electron chi connectivity index (χ4n) is 3.58. The molecule has 1 N–H and O–H groups in total. The van der Waals surface area contributed by atoms with Crippen LogP contribution in [0.2, 0.25) is 10.0 Å². The Bertz CT molecular complexity index is 488. The Kier molecular flexibility index (Phi) is 5.04. The van der Waals surface area contributed by atoms with E-state index in [0.29, 0.717) is 16.1 Å². The van der Waals surface area contributed by atoms with Crippen LogP contribution >= 0.6 is 39.1 Å². The van der Waals surface area contributed by atoms with Gasteiger partial charge >= 0.3 is 0 Å². The van der Waals surface area contributed by atoms with E-state index in [1.54, 1.807) is 0 Å². The summed E-state index contributed by atoms with van der Waals surface area (Å²) in [4.78, 5) is 0. The van der Waals surface area contributed by atoms with Gasteiger partial charge in [0.1, 0.15) is 0 Å². The van der Waals surface area contributed by atoms with Crippen molar-refractivity contribution in [2.24, 2.45) is 0 Å². The topological polar surface area (TPSA) is 21.3 Å². The minimum atomic E-state index is 0.0858. The first-order valence-corrected chi connectivity index (χ1v) is 9.18. The van der Waals surface area contributed by atoms with Crippen LogP contribution in [-0.4, -0.2) is 18.2 Å². The molecule has 116 valence electrons. The fraction of sp³-hybridized carbons (Fsp3) is 0.625. The van der Waals surface area contributed by atoms with Crippen LogP contribution < -0.4 is 5.32 Å². The molecule has 2 fully saturated rings. The molecule has 1 spiro atoms. The maximum atomic E-state index is 6.32. The summed E-state index contributed by atoms with van der Waals surface area (Å²) in [6, 6.07) is 4.14. The maximum Gasteiger partial charge on any atom is 0.0721 e. The van der Waals surface area contributed by atoms with Crippen molar-refractivity contribution in [1.82, 2.24) is 0 Å². The Balaban J connectivity index is 1.73. The minimum absolute atomic E-state index is 0.0858. The van der Waals surface area contributed by atoms with E-state index in [2.05, 4.69) is 21.2 Å². The highest BCUT2D eigenvalue weighted by atomic mass is 79.9. The van der Waals surface area contributed by atoms with E-state index in [-0.39, 0.29) is 5.60 Å². The van der Waals surface area contributed by atoms with Crippen LogP contribution in [0.1, 0.15) is 44.9 Å². The van der Waals surface area contributed by atoms with Gasteiger partial charge in [0.2, 0.25) is 0 Å². The van der Waals surface area contributed by atoms with Gasteiger partial charge in [0.05, 0.1) is 21.3 Å². The standard InChI is InChI=1S/C16H20BrCl2NO/c17-11-8-13(18)15(14(19)9-11)20-12-4-7-21-16(10-12)5-2-1-3-6-16/h8-9,12,20H,1-7,10H2. The molecule has 5 heteroatoms. The average molecular weight is 393 g/mol. The Morgan fingerprint density at radius 1 is 1.14 bits per heavy atom. The number of hydrogen-bond donors (Lipinski definition) is 1. The summed E-state index contributed by atoms with van der Waals surface area (Å²) in [6.45, 7) is 0.823. The molecule has 0 radical (unpaired) electrons. The molecule has 1 saturated heterocycles. The summed E-state index contributed by atoms with van der Waals surface area (Å²) in [5, 5.41) is 4.88. The van der Waals surface area contributed by atoms with E-state index in [0.717, 1.165) is 29.6 Å². The van der Waals surface area contributed by atoms with Crippen LogP contribution in [-0.2, 0) is 4.74 Å². The van der Waals surface area contributed by atoms with E-state index in [9.17, 15) is 0 Å². The summed E-state index contributed by atoms with van der Waals surface area (Å²) in [5.41, 5.74) is 0.932. The van der Waals surface area contributed by atoms with Crippen LogP contribution in [0.5, 0.6) is 0 Å². The van der Waals surface area contributed by atoms with Crippen LogP contribution in [0, 0.1) is 0 Å². The normalized spacial score (nSPS) is 25.0. The van der Waals surface area contributed by atoms with Crippen molar-refractivity contribution >= 4 is 44.8 Å². The molecule has 2 nitrogen and oxygen atoms in total. The third-order valence-electron chi connectivity index (χ3n) is 4.61. The number of halogens is 3. The van der Waals surface area contributed by atoms with Crippen LogP contribution in [0.4, 0.5) is 5.69 Å². The van der Waals surface area contributed by atoms with Crippen molar-refractivity contribution in [2.75, 3.05) is 11.9 Å². The van der Waals surface area contributed by atoms with E-state index in [1.807, 2.05) is 12.1 Å². The molecule has 3 rings (SSSR count). The maximum absolute atomic E-state index is 6.32. The van der Waals surface area contributed by atoms with Gasteiger partial charge in [-0.1, -0.05) is 58.4 Å². The average Bonchev–Trinajstić information content (AvgIpc) is 2.44. The van der Waals surface area contributed by atoms with Gasteiger partial charge < -0.3 is 10.1 Å². The number of anilines is 1. The summed E-state index contributed by atoms with van der Waals surface area (Å²) in [5.74, 6) is 0. The molecule has 21 heavy (non-hydrogen) atoms. The second-order valence-electron chi connectivity index (χ2n) is 6.17. The molecule has 1 heterocycles. The third kappa shape index (κ3) is 3.69. The van der Waals surface area contributed by atoms with Gasteiger partial charge in [-0.3, -0.25) is 0 Å². The van der Waals surface area contributed by atoms with Gasteiger partial charge in [0, 0.05) is 17.1 Å². The third-order valence-corrected chi connectivity index (χ3v) is 5.67. The van der Waals surface area contributed by atoms with E-state index in [1.165, 1.54) is 32.1 Å². The lowest BCUT2D eigenvalue weighted by Gasteiger charge is -2.44. The number of rotatable bonds is 2. The van der Waals surface area contributed by atoms with Crippen LogP contribution in [0.15, 0.2) is 16.6 Å². The van der Waals surface area contributed by atoms with Crippen molar-refractivity contribution in [2.45, 2.75) is 56.6 Å². The van der Waals surface area contributed by atoms with Gasteiger partial charge in [-0.2, -0.15) is 0 Å². The molecule has 1 aromatic carbocycles. The van der Waals surface area contributed by atoms with Crippen LogP contribution in [0.25, 0.3) is 0 Å². The number of benzene rings is 1. The number of ether oxygens (including phenoxy) is 1. The largest absolute Gasteiger partial charge is 0.380 e. The number of hydrogen-bond acceptors (Lipinski definition) is 2. The smallest absolute Gasteiger partial charge is 0.0721 e. The zero-order valence-corrected chi connectivity index (χ0v) is 15.0. The molecule has 1 unspecified atom stereocenters. The van der Waals surface area contributed by atoms with Crippen molar-refractivity contribution in [3.63, 3.8) is 0 Å². The first-order valence-electron chi connectivity index (χ1n) is 7.63. The van der Waals surface area contributed by atoms with Gasteiger partial charge in [-0.25, -0.2) is 0 Å². The number of nitrogens with one attached hydrogen (secondary N) is 1. The predicted molar refractivity (Wildman–Crippen MR) is 92.6 cm³/mol. The van der Waals surface area contributed by atoms with Crippen LogP contribution in [0.3, 0.4) is 0 Å². The first-order chi connectivity index (χ1) is 10.1. The summed E-state index contributed by atoms with van der Waals surface area (Å²) < 4.78 is 7.04. The molecule has 1 aliphatic carbocycles. The van der Waals surface area contributed by atoms with E-state index < -0.39 is 0 Å². The van der Waals surface area contributed by atoms with Gasteiger partial charge in [-0.05, 0) is 37.8 Å². The van der Waals surface area contributed by atoms with Gasteiger partial charge in [-0.15, -0.1) is 0 Å². The Labute approximate surface area is 144 Å². The van der Waals surface area contributed by atoms with Crippen molar-refractivity contribution < 1.29 is 4.74 Å². The fourth-order valence-corrected chi connectivity index (χ4v) is 4.90. The quantitative estimate of drug-likeness (QED) is 0.661. The highest BCUT2D eigenvalue weighted by Gasteiger charge is 2.38. The molecule has 0 aromatic heterocycles. The van der Waals surface area contributed by atoms with Crippen molar-refractivity contribution in [3.05, 3.63) is 26.7 Å². The molecule has 1 aromatic rings. The van der Waals surface area contributed by atoms with Crippen molar-refractivity contribution in [1.29, 1.82) is 0 Å². The molecule has 1 aliphatic heterocycles. The Morgan fingerprint density at radius 3 is 2.48 bits per heavy atom. The molecular formula is C16H20BrCl2NO. The highest BCUT2D eigenvalue weighted by molar-refractivity contribution is 9.10. The zero-order chi connectivity index (χ0) is 14.9. The first kappa shape index (κ1) is 15.9. The summed E-state index contributed by atoms with van der Waals surface area (Å²) >= 11 is 16.1. The molecule has 0 bridgehead atoms. The second kappa shape index (κ2) is 6.66. The van der Waals surface area contributed by atoms with Gasteiger partial charge in [0.15, 0.2) is 0 Å². The Morgan fingerprint density at radius 2 is 1.81 bits per heavy atom. The van der Waals surface area contributed by atoms with E-state index >= 15 is 0 Å². The highest BCUT2D eigenvalue weighted by Crippen LogP contribution is 2.41.